The molecule has 7 aromatic rings. The van der Waals surface area contributed by atoms with E-state index < -0.39 is 0 Å². The molecule has 7 rings (SSSR count). The van der Waals surface area contributed by atoms with Crippen LogP contribution in [0.3, 0.4) is 0 Å². The molecule has 0 aliphatic carbocycles. The molecule has 4 aromatic carbocycles. The first-order valence-corrected chi connectivity index (χ1v) is 18.0. The van der Waals surface area contributed by atoms with Crippen LogP contribution in [-0.4, -0.2) is 19.3 Å². The van der Waals surface area contributed by atoms with Crippen molar-refractivity contribution in [1.82, 2.24) is 19.3 Å². The number of hydrogen-bond donors (Lipinski definition) is 0. The van der Waals surface area contributed by atoms with Crippen molar-refractivity contribution >= 4 is 21.8 Å². The van der Waals surface area contributed by atoms with Gasteiger partial charge in [-0.15, -0.1) is 35.7 Å². The first-order chi connectivity index (χ1) is 24.2. The van der Waals surface area contributed by atoms with Crippen molar-refractivity contribution in [2.45, 2.75) is 74.1 Å². The molecule has 0 unspecified atom stereocenters. The van der Waals surface area contributed by atoms with Crippen molar-refractivity contribution in [3.05, 3.63) is 131 Å². The van der Waals surface area contributed by atoms with Crippen LogP contribution in [0.2, 0.25) is 0 Å². The van der Waals surface area contributed by atoms with Crippen molar-refractivity contribution in [2.75, 3.05) is 0 Å². The summed E-state index contributed by atoms with van der Waals surface area (Å²) >= 11 is 0. The number of hydrogen-bond acceptors (Lipinski definition) is 3. The van der Waals surface area contributed by atoms with Crippen molar-refractivity contribution in [3.8, 4) is 34.1 Å². The van der Waals surface area contributed by atoms with Crippen molar-refractivity contribution < 1.29 is 25.8 Å². The fourth-order valence-electron chi connectivity index (χ4n) is 7.40. The molecule has 0 fully saturated rings. The quantitative estimate of drug-likeness (QED) is 0.122. The van der Waals surface area contributed by atoms with Crippen LogP contribution in [0.5, 0.6) is 11.5 Å². The van der Waals surface area contributed by atoms with Crippen LogP contribution >= 0.6 is 0 Å². The Bertz CT molecular complexity index is 2310. The molecule has 0 saturated heterocycles. The zero-order valence-corrected chi connectivity index (χ0v) is 32.9. The number of pyridine rings is 1. The summed E-state index contributed by atoms with van der Waals surface area (Å²) < 4.78 is 10.5. The van der Waals surface area contributed by atoms with Crippen LogP contribution in [-0.2, 0) is 46.7 Å². The average molecular weight is 854 g/mol. The standard InChI is InChI=1S/C45H46N4O.Pt/c1-8-32-24-33(21-29(3)4)45(41(22-30(5)6)38(32)9-2)34-27-47-48(28-34)35-13-12-14-36(25-35)50-37-17-18-40-39-15-10-11-16-42(39)49(43(40)26-37)44-23-31(7)19-20-46-44;/h10-20,23-24,27-30H,8-9,21-22H2,1-7H3;/q-2;+2. The zero-order chi connectivity index (χ0) is 34.9. The van der Waals surface area contributed by atoms with E-state index in [1.165, 1.54) is 27.8 Å². The van der Waals surface area contributed by atoms with Gasteiger partial charge in [0.25, 0.3) is 0 Å². The van der Waals surface area contributed by atoms with E-state index in [1.807, 2.05) is 47.4 Å². The number of nitrogens with zero attached hydrogens (tertiary/aromatic N) is 4. The molecule has 0 saturated carbocycles. The van der Waals surface area contributed by atoms with E-state index in [1.54, 1.807) is 0 Å². The van der Waals surface area contributed by atoms with Crippen molar-refractivity contribution in [1.29, 1.82) is 0 Å². The average Bonchev–Trinajstić information content (AvgIpc) is 3.71. The van der Waals surface area contributed by atoms with Gasteiger partial charge in [0.1, 0.15) is 5.82 Å². The maximum absolute atomic E-state index is 6.45. The molecule has 0 radical (unpaired) electrons. The molecule has 6 heteroatoms. The first-order valence-electron chi connectivity index (χ1n) is 18.0. The van der Waals surface area contributed by atoms with Gasteiger partial charge in [-0.25, -0.2) is 4.98 Å². The van der Waals surface area contributed by atoms with E-state index >= 15 is 0 Å². The first kappa shape index (κ1) is 36.3. The minimum absolute atomic E-state index is 0. The van der Waals surface area contributed by atoms with E-state index in [-0.39, 0.29) is 21.1 Å². The molecular weight excluding hydrogens is 808 g/mol. The van der Waals surface area contributed by atoms with E-state index in [9.17, 15) is 0 Å². The predicted octanol–water partition coefficient (Wildman–Crippen LogP) is 11.3. The Morgan fingerprint density at radius 1 is 0.765 bits per heavy atom. The van der Waals surface area contributed by atoms with Gasteiger partial charge in [0.05, 0.1) is 6.20 Å². The maximum Gasteiger partial charge on any atom is 2.00 e. The molecule has 0 amide bonds. The van der Waals surface area contributed by atoms with E-state index in [0.717, 1.165) is 70.1 Å². The van der Waals surface area contributed by atoms with Crippen LogP contribution in [0.4, 0.5) is 0 Å². The molecule has 51 heavy (non-hydrogen) atoms. The van der Waals surface area contributed by atoms with Gasteiger partial charge in [-0.3, -0.25) is 4.68 Å². The van der Waals surface area contributed by atoms with Crippen LogP contribution in [0.15, 0.2) is 91.4 Å². The van der Waals surface area contributed by atoms with Gasteiger partial charge in [0, 0.05) is 35.0 Å². The summed E-state index contributed by atoms with van der Waals surface area (Å²) in [6.45, 7) is 15.9. The molecular formula is C45H46N4OPt. The molecule has 0 atom stereocenters. The number of aromatic nitrogens is 4. The number of para-hydroxylation sites is 1. The van der Waals surface area contributed by atoms with Gasteiger partial charge < -0.3 is 9.30 Å². The van der Waals surface area contributed by atoms with Gasteiger partial charge in [-0.2, -0.15) is 17.2 Å². The van der Waals surface area contributed by atoms with E-state index in [2.05, 4.69) is 114 Å². The fraction of sp³-hybridized carbons (Fsp3) is 0.289. The Balaban J connectivity index is 0.00000448. The normalized spacial score (nSPS) is 11.5. The molecule has 0 N–H and O–H groups in total. The molecule has 0 aliphatic heterocycles. The smallest absolute Gasteiger partial charge is 0.509 e. The monoisotopic (exact) mass is 853 g/mol. The van der Waals surface area contributed by atoms with Gasteiger partial charge >= 0.3 is 21.1 Å². The minimum Gasteiger partial charge on any atom is -0.509 e. The van der Waals surface area contributed by atoms with Crippen LogP contribution in [0.1, 0.15) is 69.4 Å². The molecule has 3 heterocycles. The van der Waals surface area contributed by atoms with Gasteiger partial charge in [-0.1, -0.05) is 71.3 Å². The maximum atomic E-state index is 6.45. The second-order valence-corrected chi connectivity index (χ2v) is 14.2. The van der Waals surface area contributed by atoms with E-state index in [0.29, 0.717) is 23.3 Å². The third-order valence-corrected chi connectivity index (χ3v) is 9.48. The molecule has 0 spiro atoms. The Morgan fingerprint density at radius 2 is 1.55 bits per heavy atom. The Hall–Kier alpha value is -4.47. The van der Waals surface area contributed by atoms with Gasteiger partial charge in [0.15, 0.2) is 0 Å². The molecule has 0 bridgehead atoms. The topological polar surface area (TPSA) is 44.9 Å². The van der Waals surface area contributed by atoms with Gasteiger partial charge in [0.2, 0.25) is 0 Å². The molecule has 5 nitrogen and oxygen atoms in total. The minimum atomic E-state index is 0. The van der Waals surface area contributed by atoms with Crippen LogP contribution < -0.4 is 4.74 Å². The summed E-state index contributed by atoms with van der Waals surface area (Å²) in [7, 11) is 0. The summed E-state index contributed by atoms with van der Waals surface area (Å²) in [5, 5.41) is 7.13. The van der Waals surface area contributed by atoms with Gasteiger partial charge in [-0.05, 0) is 107 Å². The predicted molar refractivity (Wildman–Crippen MR) is 206 cm³/mol. The molecule has 262 valence electrons. The zero-order valence-electron chi connectivity index (χ0n) is 30.7. The fourth-order valence-corrected chi connectivity index (χ4v) is 7.40. The Morgan fingerprint density at radius 3 is 2.29 bits per heavy atom. The summed E-state index contributed by atoms with van der Waals surface area (Å²) in [5.74, 6) is 3.19. The largest absolute Gasteiger partial charge is 2.00 e. The summed E-state index contributed by atoms with van der Waals surface area (Å²) in [6, 6.07) is 32.1. The van der Waals surface area contributed by atoms with Crippen LogP contribution in [0.25, 0.3) is 44.4 Å². The summed E-state index contributed by atoms with van der Waals surface area (Å²) in [4.78, 5) is 4.71. The number of benzene rings is 4. The number of ether oxygens (including phenoxy) is 1. The Kier molecular flexibility index (Phi) is 11.0. The molecule has 3 aromatic heterocycles. The third-order valence-electron chi connectivity index (χ3n) is 9.48. The van der Waals surface area contributed by atoms with Crippen LogP contribution in [0, 0.1) is 30.9 Å². The van der Waals surface area contributed by atoms with Crippen molar-refractivity contribution in [2.24, 2.45) is 11.8 Å². The second-order valence-electron chi connectivity index (χ2n) is 14.2. The summed E-state index contributed by atoms with van der Waals surface area (Å²) in [5.41, 5.74) is 12.4. The number of rotatable bonds is 11. The third kappa shape index (κ3) is 7.32. The molecule has 0 aliphatic rings. The summed E-state index contributed by atoms with van der Waals surface area (Å²) in [6.07, 6.45) is 10.2. The van der Waals surface area contributed by atoms with E-state index in [4.69, 9.17) is 14.8 Å². The SMILES string of the molecule is CCc1cc(CC(C)C)c(-c2cnn(-c3[c-]c(Oc4[c-]c5c(cc4)c4ccccc4n5-c4cc(C)ccn4)ccc3)c2)c(CC(C)C)c1CC.[Pt+2]. The number of aryl methyl sites for hydroxylation is 2. The Labute approximate surface area is 317 Å². The van der Waals surface area contributed by atoms with Crippen molar-refractivity contribution in [3.63, 3.8) is 0 Å². The number of fused-ring (bicyclic) bond motifs is 3. The second kappa shape index (κ2) is 15.4.